The van der Waals surface area contributed by atoms with Crippen LogP contribution in [-0.2, 0) is 0 Å². The zero-order chi connectivity index (χ0) is 9.26. The number of likely N-dealkylation sites (N-methyl/N-ethyl adjacent to an activating group) is 1. The van der Waals surface area contributed by atoms with Gasteiger partial charge in [-0.05, 0) is 14.1 Å². The van der Waals surface area contributed by atoms with Crippen LogP contribution in [0.4, 0.5) is 0 Å². The Labute approximate surface area is 114 Å². The SMILES string of the molecule is CN(C)[C@@H]1CNC[C@@H]1n1ccnn1.Cl.Cl.Cl. The molecule has 96 valence electrons. The molecular weight excluding hydrogens is 272 g/mol. The standard InChI is InChI=1S/C8H15N5.3ClH/c1-12(2)7-5-9-6-8(7)13-4-3-10-11-13;;;/h3-4,7-9H,5-6H2,1-2H3;3*1H/t7-,8+;;;/m1.../s1. The molecule has 16 heavy (non-hydrogen) atoms. The van der Waals surface area contributed by atoms with E-state index in [0.29, 0.717) is 12.1 Å². The Morgan fingerprint density at radius 3 is 2.44 bits per heavy atom. The number of halogens is 3. The molecule has 2 heterocycles. The lowest BCUT2D eigenvalue weighted by Crippen LogP contribution is -2.36. The molecule has 0 aliphatic carbocycles. The van der Waals surface area contributed by atoms with E-state index in [1.807, 2.05) is 10.9 Å². The first-order valence-corrected chi connectivity index (χ1v) is 4.52. The van der Waals surface area contributed by atoms with Gasteiger partial charge >= 0.3 is 0 Å². The fraction of sp³-hybridized carbons (Fsp3) is 0.750. The minimum atomic E-state index is 0. The van der Waals surface area contributed by atoms with Crippen molar-refractivity contribution in [1.29, 1.82) is 0 Å². The highest BCUT2D eigenvalue weighted by Crippen LogP contribution is 2.17. The van der Waals surface area contributed by atoms with Crippen molar-refractivity contribution in [2.45, 2.75) is 12.1 Å². The molecule has 0 saturated carbocycles. The van der Waals surface area contributed by atoms with Crippen molar-refractivity contribution in [1.82, 2.24) is 25.2 Å². The fourth-order valence-electron chi connectivity index (χ4n) is 1.84. The van der Waals surface area contributed by atoms with Crippen molar-refractivity contribution >= 4 is 37.2 Å². The normalized spacial score (nSPS) is 23.2. The van der Waals surface area contributed by atoms with Crippen LogP contribution in [-0.4, -0.2) is 53.1 Å². The van der Waals surface area contributed by atoms with Gasteiger partial charge < -0.3 is 10.2 Å². The molecule has 1 aromatic rings. The Morgan fingerprint density at radius 1 is 1.25 bits per heavy atom. The summed E-state index contributed by atoms with van der Waals surface area (Å²) in [6.45, 7) is 2.00. The van der Waals surface area contributed by atoms with Crippen LogP contribution < -0.4 is 5.32 Å². The number of rotatable bonds is 2. The number of hydrogen-bond donors (Lipinski definition) is 1. The van der Waals surface area contributed by atoms with Gasteiger partial charge in [-0.25, -0.2) is 4.68 Å². The van der Waals surface area contributed by atoms with Crippen molar-refractivity contribution in [3.8, 4) is 0 Å². The van der Waals surface area contributed by atoms with Gasteiger partial charge in [-0.1, -0.05) is 5.21 Å². The molecular formula is C8H18Cl3N5. The van der Waals surface area contributed by atoms with Gasteiger partial charge in [-0.3, -0.25) is 0 Å². The third-order valence-corrected chi connectivity index (χ3v) is 2.60. The lowest BCUT2D eigenvalue weighted by Gasteiger charge is -2.24. The van der Waals surface area contributed by atoms with Gasteiger partial charge in [0.2, 0.25) is 0 Å². The van der Waals surface area contributed by atoms with Crippen molar-refractivity contribution in [3.05, 3.63) is 12.4 Å². The van der Waals surface area contributed by atoms with E-state index in [9.17, 15) is 0 Å². The third kappa shape index (κ3) is 3.75. The Morgan fingerprint density at radius 2 is 1.94 bits per heavy atom. The average molecular weight is 291 g/mol. The van der Waals surface area contributed by atoms with Gasteiger partial charge in [0, 0.05) is 25.3 Å². The van der Waals surface area contributed by atoms with Crippen LogP contribution in [0.5, 0.6) is 0 Å². The van der Waals surface area contributed by atoms with Crippen molar-refractivity contribution < 1.29 is 0 Å². The summed E-state index contributed by atoms with van der Waals surface area (Å²) in [6.07, 6.45) is 3.65. The lowest BCUT2D eigenvalue weighted by molar-refractivity contribution is 0.243. The highest BCUT2D eigenvalue weighted by molar-refractivity contribution is 5.86. The van der Waals surface area contributed by atoms with Crippen LogP contribution in [0.1, 0.15) is 6.04 Å². The second-order valence-corrected chi connectivity index (χ2v) is 3.64. The Bertz CT molecular complexity index is 267. The Balaban J connectivity index is 0. The van der Waals surface area contributed by atoms with Crippen molar-refractivity contribution in [3.63, 3.8) is 0 Å². The van der Waals surface area contributed by atoms with Gasteiger partial charge in [0.25, 0.3) is 0 Å². The molecule has 1 aromatic heterocycles. The highest BCUT2D eigenvalue weighted by Gasteiger charge is 2.30. The molecule has 1 aliphatic heterocycles. The summed E-state index contributed by atoms with van der Waals surface area (Å²) < 4.78 is 1.94. The molecule has 2 atom stereocenters. The minimum absolute atomic E-state index is 0. The van der Waals surface area contributed by atoms with Crippen LogP contribution >= 0.6 is 37.2 Å². The highest BCUT2D eigenvalue weighted by atomic mass is 35.5. The maximum Gasteiger partial charge on any atom is 0.0828 e. The van der Waals surface area contributed by atoms with E-state index in [4.69, 9.17) is 0 Å². The molecule has 2 rings (SSSR count). The summed E-state index contributed by atoms with van der Waals surface area (Å²) in [7, 11) is 4.20. The summed E-state index contributed by atoms with van der Waals surface area (Å²) >= 11 is 0. The van der Waals surface area contributed by atoms with E-state index in [1.54, 1.807) is 6.20 Å². The second kappa shape index (κ2) is 8.08. The van der Waals surface area contributed by atoms with Gasteiger partial charge in [-0.2, -0.15) is 0 Å². The first kappa shape index (κ1) is 18.3. The largest absolute Gasteiger partial charge is 0.313 e. The Kier molecular flexibility index (Phi) is 9.25. The maximum atomic E-state index is 4.03. The molecule has 8 heteroatoms. The Hall–Kier alpha value is -0.0700. The predicted molar refractivity (Wildman–Crippen MR) is 71.1 cm³/mol. The molecule has 0 bridgehead atoms. The van der Waals surface area contributed by atoms with E-state index >= 15 is 0 Å². The predicted octanol–water partition coefficient (Wildman–Crippen LogP) is 0.618. The first-order chi connectivity index (χ1) is 6.29. The fourth-order valence-corrected chi connectivity index (χ4v) is 1.84. The smallest absolute Gasteiger partial charge is 0.0828 e. The zero-order valence-corrected chi connectivity index (χ0v) is 11.7. The quantitative estimate of drug-likeness (QED) is 0.867. The molecule has 0 amide bonds. The molecule has 1 saturated heterocycles. The van der Waals surface area contributed by atoms with Gasteiger partial charge in [-0.15, -0.1) is 42.3 Å². The molecule has 1 aliphatic rings. The van der Waals surface area contributed by atoms with E-state index in [1.165, 1.54) is 0 Å². The van der Waals surface area contributed by atoms with Gasteiger partial charge in [0.15, 0.2) is 0 Å². The third-order valence-electron chi connectivity index (χ3n) is 2.60. The summed E-state index contributed by atoms with van der Waals surface area (Å²) in [5, 5.41) is 11.2. The van der Waals surface area contributed by atoms with Gasteiger partial charge in [0.1, 0.15) is 0 Å². The number of nitrogens with zero attached hydrogens (tertiary/aromatic N) is 4. The molecule has 0 unspecified atom stereocenters. The lowest BCUT2D eigenvalue weighted by atomic mass is 10.1. The van der Waals surface area contributed by atoms with Crippen LogP contribution in [0.25, 0.3) is 0 Å². The molecule has 1 fully saturated rings. The average Bonchev–Trinajstić information content (AvgIpc) is 2.74. The van der Waals surface area contributed by atoms with E-state index in [2.05, 4.69) is 34.6 Å². The summed E-state index contributed by atoms with van der Waals surface area (Å²) in [5.74, 6) is 0. The number of hydrogen-bond acceptors (Lipinski definition) is 4. The van der Waals surface area contributed by atoms with Crippen LogP contribution in [0.3, 0.4) is 0 Å². The molecule has 1 N–H and O–H groups in total. The van der Waals surface area contributed by atoms with E-state index in [0.717, 1.165) is 13.1 Å². The summed E-state index contributed by atoms with van der Waals surface area (Å²) in [5.41, 5.74) is 0. The van der Waals surface area contributed by atoms with Crippen LogP contribution in [0.2, 0.25) is 0 Å². The number of aromatic nitrogens is 3. The maximum absolute atomic E-state index is 4.03. The van der Waals surface area contributed by atoms with Crippen molar-refractivity contribution in [2.75, 3.05) is 27.2 Å². The molecule has 0 spiro atoms. The van der Waals surface area contributed by atoms with Crippen LogP contribution in [0.15, 0.2) is 12.4 Å². The minimum Gasteiger partial charge on any atom is -0.313 e. The zero-order valence-electron chi connectivity index (χ0n) is 9.24. The van der Waals surface area contributed by atoms with E-state index < -0.39 is 0 Å². The summed E-state index contributed by atoms with van der Waals surface area (Å²) in [4.78, 5) is 2.23. The topological polar surface area (TPSA) is 46.0 Å². The van der Waals surface area contributed by atoms with Gasteiger partial charge in [0.05, 0.1) is 12.2 Å². The van der Waals surface area contributed by atoms with E-state index in [-0.39, 0.29) is 37.2 Å². The molecule has 5 nitrogen and oxygen atoms in total. The monoisotopic (exact) mass is 289 g/mol. The van der Waals surface area contributed by atoms with Crippen molar-refractivity contribution in [2.24, 2.45) is 0 Å². The second-order valence-electron chi connectivity index (χ2n) is 3.64. The number of nitrogens with one attached hydrogen (secondary N) is 1. The molecule has 0 aromatic carbocycles. The van der Waals surface area contributed by atoms with Crippen LogP contribution in [0, 0.1) is 0 Å². The summed E-state index contributed by atoms with van der Waals surface area (Å²) in [6, 6.07) is 0.930. The first-order valence-electron chi connectivity index (χ1n) is 4.52. The molecule has 0 radical (unpaired) electrons.